The van der Waals surface area contributed by atoms with E-state index in [-0.39, 0.29) is 0 Å². The summed E-state index contributed by atoms with van der Waals surface area (Å²) in [5.41, 5.74) is 5.28. The Hall–Kier alpha value is -2.30. The number of hydrogen-bond acceptors (Lipinski definition) is 3. The van der Waals surface area contributed by atoms with Gasteiger partial charge in [-0.25, -0.2) is 4.98 Å². The van der Waals surface area contributed by atoms with Crippen molar-refractivity contribution in [3.05, 3.63) is 41.5 Å². The average molecular weight is 255 g/mol. The van der Waals surface area contributed by atoms with Crippen LogP contribution in [0.2, 0.25) is 0 Å². The number of rotatable bonds is 3. The van der Waals surface area contributed by atoms with Crippen LogP contribution in [0.3, 0.4) is 0 Å². The molecule has 2 aromatic heterocycles. The highest BCUT2D eigenvalue weighted by molar-refractivity contribution is 5.75. The third-order valence-corrected chi connectivity index (χ3v) is 3.43. The van der Waals surface area contributed by atoms with Crippen molar-refractivity contribution >= 4 is 16.7 Å². The van der Waals surface area contributed by atoms with Crippen molar-refractivity contribution in [3.63, 3.8) is 0 Å². The average Bonchev–Trinajstić information content (AvgIpc) is 2.90. The smallest absolute Gasteiger partial charge is 0.128 e. The lowest BCUT2D eigenvalue weighted by Crippen LogP contribution is -2.06. The van der Waals surface area contributed by atoms with Gasteiger partial charge in [-0.05, 0) is 26.0 Å². The van der Waals surface area contributed by atoms with E-state index < -0.39 is 0 Å². The van der Waals surface area contributed by atoms with Gasteiger partial charge in [0.2, 0.25) is 0 Å². The predicted molar refractivity (Wildman–Crippen MR) is 76.1 cm³/mol. The Morgan fingerprint density at radius 1 is 1.26 bits per heavy atom. The van der Waals surface area contributed by atoms with Crippen molar-refractivity contribution in [2.45, 2.75) is 20.4 Å². The zero-order valence-corrected chi connectivity index (χ0v) is 11.4. The number of anilines is 1. The summed E-state index contributed by atoms with van der Waals surface area (Å²) < 4.78 is 2.12. The second kappa shape index (κ2) is 4.42. The fourth-order valence-corrected chi connectivity index (χ4v) is 2.33. The van der Waals surface area contributed by atoms with Crippen molar-refractivity contribution in [2.75, 3.05) is 5.32 Å². The van der Waals surface area contributed by atoms with Crippen LogP contribution >= 0.6 is 0 Å². The van der Waals surface area contributed by atoms with Crippen molar-refractivity contribution in [1.29, 1.82) is 0 Å². The molecule has 19 heavy (non-hydrogen) atoms. The van der Waals surface area contributed by atoms with E-state index in [9.17, 15) is 0 Å². The zero-order chi connectivity index (χ0) is 13.4. The number of para-hydroxylation sites is 2. The highest BCUT2D eigenvalue weighted by Crippen LogP contribution is 2.19. The minimum absolute atomic E-state index is 0.687. The molecule has 0 bridgehead atoms. The van der Waals surface area contributed by atoms with Crippen LogP contribution in [-0.4, -0.2) is 19.7 Å². The van der Waals surface area contributed by atoms with E-state index in [2.05, 4.69) is 31.1 Å². The molecule has 0 atom stereocenters. The minimum Gasteiger partial charge on any atom is -0.375 e. The maximum absolute atomic E-state index is 4.64. The molecule has 0 unspecified atom stereocenters. The van der Waals surface area contributed by atoms with Crippen LogP contribution in [0.1, 0.15) is 17.2 Å². The van der Waals surface area contributed by atoms with Gasteiger partial charge in [0.25, 0.3) is 0 Å². The quantitative estimate of drug-likeness (QED) is 0.756. The van der Waals surface area contributed by atoms with Crippen molar-refractivity contribution < 1.29 is 0 Å². The second-order valence-electron chi connectivity index (χ2n) is 4.74. The summed E-state index contributed by atoms with van der Waals surface area (Å²) in [6.07, 6.45) is 0. The fraction of sp³-hybridized carbons (Fsp3) is 0.286. The number of aryl methyl sites for hydroxylation is 3. The number of imidazole rings is 1. The van der Waals surface area contributed by atoms with E-state index in [0.29, 0.717) is 6.54 Å². The van der Waals surface area contributed by atoms with E-state index in [4.69, 9.17) is 0 Å². The van der Waals surface area contributed by atoms with Gasteiger partial charge >= 0.3 is 0 Å². The molecular formula is C14H17N5. The Kier molecular flexibility index (Phi) is 2.74. The lowest BCUT2D eigenvalue weighted by molar-refractivity contribution is 0.833. The number of benzene rings is 1. The van der Waals surface area contributed by atoms with Crippen LogP contribution in [0.25, 0.3) is 11.0 Å². The maximum Gasteiger partial charge on any atom is 0.128 e. The number of fused-ring (bicyclic) bond motifs is 1. The first-order chi connectivity index (χ1) is 9.16. The molecular weight excluding hydrogens is 238 g/mol. The Bertz CT molecular complexity index is 703. The second-order valence-corrected chi connectivity index (χ2v) is 4.74. The van der Waals surface area contributed by atoms with Gasteiger partial charge in [0.15, 0.2) is 0 Å². The number of nitrogens with one attached hydrogen (secondary N) is 2. The molecule has 0 aliphatic heterocycles. The molecule has 0 saturated heterocycles. The van der Waals surface area contributed by atoms with Gasteiger partial charge in [-0.3, -0.25) is 5.10 Å². The highest BCUT2D eigenvalue weighted by Gasteiger charge is 2.09. The molecule has 0 aliphatic carbocycles. The summed E-state index contributed by atoms with van der Waals surface area (Å²) in [5, 5.41) is 10.6. The van der Waals surface area contributed by atoms with Gasteiger partial charge in [0, 0.05) is 7.05 Å². The molecule has 3 aromatic rings. The monoisotopic (exact) mass is 255 g/mol. The van der Waals surface area contributed by atoms with Gasteiger partial charge in [0.05, 0.1) is 34.7 Å². The maximum atomic E-state index is 4.64. The molecule has 5 nitrogen and oxygen atoms in total. The molecule has 98 valence electrons. The lowest BCUT2D eigenvalue weighted by Gasteiger charge is -2.06. The van der Waals surface area contributed by atoms with Crippen LogP contribution in [0.5, 0.6) is 0 Å². The number of hydrogen-bond donors (Lipinski definition) is 2. The van der Waals surface area contributed by atoms with Gasteiger partial charge in [-0.2, -0.15) is 5.10 Å². The molecule has 0 amide bonds. The normalized spacial score (nSPS) is 11.1. The van der Waals surface area contributed by atoms with Crippen LogP contribution in [-0.2, 0) is 13.6 Å². The molecule has 1 aromatic carbocycles. The van der Waals surface area contributed by atoms with Gasteiger partial charge in [-0.15, -0.1) is 0 Å². The fourth-order valence-electron chi connectivity index (χ4n) is 2.33. The van der Waals surface area contributed by atoms with Crippen LogP contribution < -0.4 is 5.32 Å². The molecule has 0 spiro atoms. The SMILES string of the molecule is Cc1n[nH]c(C)c1NCc1nc2ccccc2n1C. The first kappa shape index (κ1) is 11.8. The Balaban J connectivity index is 1.88. The summed E-state index contributed by atoms with van der Waals surface area (Å²) >= 11 is 0. The van der Waals surface area contributed by atoms with Gasteiger partial charge < -0.3 is 9.88 Å². The van der Waals surface area contributed by atoms with E-state index >= 15 is 0 Å². The van der Waals surface area contributed by atoms with E-state index in [0.717, 1.165) is 33.9 Å². The Morgan fingerprint density at radius 3 is 2.74 bits per heavy atom. The number of aromatic nitrogens is 4. The summed E-state index contributed by atoms with van der Waals surface area (Å²) in [6, 6.07) is 8.16. The first-order valence-electron chi connectivity index (χ1n) is 6.32. The van der Waals surface area contributed by atoms with Crippen molar-refractivity contribution in [3.8, 4) is 0 Å². The van der Waals surface area contributed by atoms with Crippen molar-refractivity contribution in [1.82, 2.24) is 19.7 Å². The summed E-state index contributed by atoms with van der Waals surface area (Å²) in [7, 11) is 2.04. The predicted octanol–water partition coefficient (Wildman–Crippen LogP) is 2.53. The molecule has 5 heteroatoms. The van der Waals surface area contributed by atoms with Crippen LogP contribution in [0.4, 0.5) is 5.69 Å². The van der Waals surface area contributed by atoms with Gasteiger partial charge in [-0.1, -0.05) is 12.1 Å². The largest absolute Gasteiger partial charge is 0.375 e. The first-order valence-corrected chi connectivity index (χ1v) is 6.32. The van der Waals surface area contributed by atoms with E-state index in [1.54, 1.807) is 0 Å². The number of H-pyrrole nitrogens is 1. The Morgan fingerprint density at radius 2 is 2.05 bits per heavy atom. The Labute approximate surface area is 111 Å². The summed E-state index contributed by atoms with van der Waals surface area (Å²) in [6.45, 7) is 4.68. The summed E-state index contributed by atoms with van der Waals surface area (Å²) in [4.78, 5) is 4.64. The zero-order valence-electron chi connectivity index (χ0n) is 11.4. The number of aromatic amines is 1. The molecule has 2 N–H and O–H groups in total. The van der Waals surface area contributed by atoms with E-state index in [1.807, 2.05) is 39.1 Å². The standard InChI is InChI=1S/C14H17N5/c1-9-14(10(2)18-17-9)15-8-13-16-11-6-4-5-7-12(11)19(13)3/h4-7,15H,8H2,1-3H3,(H,17,18). The molecule has 3 rings (SSSR count). The topological polar surface area (TPSA) is 58.5 Å². The minimum atomic E-state index is 0.687. The van der Waals surface area contributed by atoms with Crippen LogP contribution in [0, 0.1) is 13.8 Å². The number of nitrogens with zero attached hydrogens (tertiary/aromatic N) is 3. The molecule has 0 saturated carbocycles. The molecule has 0 radical (unpaired) electrons. The third kappa shape index (κ3) is 1.97. The third-order valence-electron chi connectivity index (χ3n) is 3.43. The van der Waals surface area contributed by atoms with Gasteiger partial charge in [0.1, 0.15) is 5.82 Å². The molecule has 0 fully saturated rings. The molecule has 2 heterocycles. The van der Waals surface area contributed by atoms with E-state index in [1.165, 1.54) is 0 Å². The lowest BCUT2D eigenvalue weighted by atomic mass is 10.3. The van der Waals surface area contributed by atoms with Crippen molar-refractivity contribution in [2.24, 2.45) is 7.05 Å². The summed E-state index contributed by atoms with van der Waals surface area (Å²) in [5.74, 6) is 1.02. The molecule has 0 aliphatic rings. The highest BCUT2D eigenvalue weighted by atomic mass is 15.2. The van der Waals surface area contributed by atoms with Crippen LogP contribution in [0.15, 0.2) is 24.3 Å².